The van der Waals surface area contributed by atoms with E-state index in [0.29, 0.717) is 18.3 Å². The Morgan fingerprint density at radius 1 is 1.27 bits per heavy atom. The number of amides is 1. The number of benzene rings is 1. The summed E-state index contributed by atoms with van der Waals surface area (Å²) in [4.78, 5) is 16.7. The van der Waals surface area contributed by atoms with Gasteiger partial charge >= 0.3 is 0 Å². The zero-order chi connectivity index (χ0) is 17.8. The molecule has 1 aromatic carbocycles. The Morgan fingerprint density at radius 3 is 3.08 bits per heavy atom. The molecule has 0 spiro atoms. The molecule has 6 heteroatoms. The Kier molecular flexibility index (Phi) is 4.93. The van der Waals surface area contributed by atoms with Crippen LogP contribution in [-0.4, -0.2) is 28.6 Å². The van der Waals surface area contributed by atoms with Crippen molar-refractivity contribution in [1.82, 2.24) is 20.8 Å². The number of hydrogen-bond acceptors (Lipinski definition) is 5. The fourth-order valence-corrected chi connectivity index (χ4v) is 3.34. The van der Waals surface area contributed by atoms with Gasteiger partial charge in [0.2, 0.25) is 0 Å². The SMILES string of the molecule is O=C(NCc1cnc2ccccc2c1)c1cc(CC2CCCCN2)on1. The highest BCUT2D eigenvalue weighted by Crippen LogP contribution is 2.15. The van der Waals surface area contributed by atoms with Gasteiger partial charge in [0, 0.05) is 36.7 Å². The zero-order valence-electron chi connectivity index (χ0n) is 14.6. The van der Waals surface area contributed by atoms with Crippen LogP contribution in [0.25, 0.3) is 10.9 Å². The van der Waals surface area contributed by atoms with Crippen LogP contribution in [0.4, 0.5) is 0 Å². The van der Waals surface area contributed by atoms with Gasteiger partial charge in [0.1, 0.15) is 5.76 Å². The van der Waals surface area contributed by atoms with E-state index >= 15 is 0 Å². The summed E-state index contributed by atoms with van der Waals surface area (Å²) in [6, 6.07) is 12.1. The molecule has 1 fully saturated rings. The van der Waals surface area contributed by atoms with Gasteiger partial charge < -0.3 is 15.2 Å². The first-order valence-corrected chi connectivity index (χ1v) is 9.09. The lowest BCUT2D eigenvalue weighted by molar-refractivity contribution is 0.0941. The average Bonchev–Trinajstić information content (AvgIpc) is 3.15. The van der Waals surface area contributed by atoms with Gasteiger partial charge in [0.25, 0.3) is 5.91 Å². The number of pyridine rings is 1. The van der Waals surface area contributed by atoms with Crippen molar-refractivity contribution >= 4 is 16.8 Å². The Bertz CT molecular complexity index is 899. The van der Waals surface area contributed by atoms with Crippen molar-refractivity contribution in [3.05, 3.63) is 59.6 Å². The van der Waals surface area contributed by atoms with E-state index in [-0.39, 0.29) is 5.91 Å². The number of piperidine rings is 1. The summed E-state index contributed by atoms with van der Waals surface area (Å²) in [7, 11) is 0. The van der Waals surface area contributed by atoms with Crippen LogP contribution >= 0.6 is 0 Å². The minimum absolute atomic E-state index is 0.232. The highest BCUT2D eigenvalue weighted by atomic mass is 16.5. The summed E-state index contributed by atoms with van der Waals surface area (Å²) in [5.41, 5.74) is 2.22. The maximum atomic E-state index is 12.3. The minimum Gasteiger partial charge on any atom is -0.361 e. The van der Waals surface area contributed by atoms with Crippen LogP contribution in [0.1, 0.15) is 41.1 Å². The second kappa shape index (κ2) is 7.66. The predicted octanol–water partition coefficient (Wildman–Crippen LogP) is 2.84. The number of fused-ring (bicyclic) bond motifs is 1. The molecular formula is C20H22N4O2. The van der Waals surface area contributed by atoms with Crippen molar-refractivity contribution < 1.29 is 9.32 Å². The molecule has 3 aromatic rings. The first-order chi connectivity index (χ1) is 12.8. The van der Waals surface area contributed by atoms with Crippen LogP contribution in [0, 0.1) is 0 Å². The molecule has 134 valence electrons. The molecule has 1 aliphatic heterocycles. The number of hydrogen-bond donors (Lipinski definition) is 2. The van der Waals surface area contributed by atoms with Gasteiger partial charge in [-0.25, -0.2) is 0 Å². The van der Waals surface area contributed by atoms with Gasteiger partial charge in [-0.2, -0.15) is 0 Å². The standard InChI is InChI=1S/C20H22N4O2/c25-20(19-11-17(26-24-19)10-16-6-3-4-8-21-16)23-13-14-9-15-5-1-2-7-18(15)22-12-14/h1-2,5,7,9,11-12,16,21H,3-4,6,8,10,13H2,(H,23,25). The van der Waals surface area contributed by atoms with E-state index in [1.807, 2.05) is 30.3 Å². The van der Waals surface area contributed by atoms with Crippen molar-refractivity contribution in [1.29, 1.82) is 0 Å². The van der Waals surface area contributed by atoms with Gasteiger partial charge in [0.15, 0.2) is 5.69 Å². The topological polar surface area (TPSA) is 80.0 Å². The lowest BCUT2D eigenvalue weighted by Gasteiger charge is -2.21. The third kappa shape index (κ3) is 3.91. The fourth-order valence-electron chi connectivity index (χ4n) is 3.34. The molecule has 26 heavy (non-hydrogen) atoms. The molecule has 1 saturated heterocycles. The molecule has 1 unspecified atom stereocenters. The van der Waals surface area contributed by atoms with Crippen LogP contribution in [0.5, 0.6) is 0 Å². The molecule has 4 rings (SSSR count). The van der Waals surface area contributed by atoms with Gasteiger partial charge in [-0.1, -0.05) is 29.8 Å². The smallest absolute Gasteiger partial charge is 0.273 e. The Balaban J connectivity index is 1.35. The molecule has 2 aromatic heterocycles. The maximum absolute atomic E-state index is 12.3. The highest BCUT2D eigenvalue weighted by molar-refractivity contribution is 5.92. The average molecular weight is 350 g/mol. The molecule has 6 nitrogen and oxygen atoms in total. The molecule has 0 aliphatic carbocycles. The second-order valence-corrected chi connectivity index (χ2v) is 6.75. The molecular weight excluding hydrogens is 328 g/mol. The summed E-state index contributed by atoms with van der Waals surface area (Å²) in [5, 5.41) is 11.3. The lowest BCUT2D eigenvalue weighted by atomic mass is 10.0. The number of nitrogens with one attached hydrogen (secondary N) is 2. The summed E-state index contributed by atoms with van der Waals surface area (Å²) in [5.74, 6) is 0.520. The monoisotopic (exact) mass is 350 g/mol. The van der Waals surface area contributed by atoms with Crippen LogP contribution in [0.3, 0.4) is 0 Å². The first kappa shape index (κ1) is 16.7. The van der Waals surface area contributed by atoms with Crippen molar-refractivity contribution in [2.45, 2.75) is 38.3 Å². The molecule has 1 aliphatic rings. The first-order valence-electron chi connectivity index (χ1n) is 9.09. The van der Waals surface area contributed by atoms with Gasteiger partial charge in [0.05, 0.1) is 5.52 Å². The van der Waals surface area contributed by atoms with E-state index < -0.39 is 0 Å². The van der Waals surface area contributed by atoms with Crippen molar-refractivity contribution in [3.8, 4) is 0 Å². The highest BCUT2D eigenvalue weighted by Gasteiger charge is 2.18. The van der Waals surface area contributed by atoms with E-state index in [9.17, 15) is 4.79 Å². The van der Waals surface area contributed by atoms with Crippen LogP contribution in [0.15, 0.2) is 47.1 Å². The molecule has 0 saturated carbocycles. The normalized spacial score (nSPS) is 17.3. The van der Waals surface area contributed by atoms with E-state index in [1.54, 1.807) is 12.3 Å². The van der Waals surface area contributed by atoms with Crippen molar-refractivity contribution in [2.75, 3.05) is 6.54 Å². The number of rotatable bonds is 5. The number of carbonyl (C=O) groups is 1. The molecule has 0 bridgehead atoms. The summed E-state index contributed by atoms with van der Waals surface area (Å²) in [6.07, 6.45) is 6.15. The minimum atomic E-state index is -0.232. The lowest BCUT2D eigenvalue weighted by Crippen LogP contribution is -2.35. The van der Waals surface area contributed by atoms with E-state index in [2.05, 4.69) is 20.8 Å². The third-order valence-corrected chi connectivity index (χ3v) is 4.75. The quantitative estimate of drug-likeness (QED) is 0.740. The van der Waals surface area contributed by atoms with E-state index in [0.717, 1.165) is 41.6 Å². The van der Waals surface area contributed by atoms with Crippen LogP contribution in [0.2, 0.25) is 0 Å². The predicted molar refractivity (Wildman–Crippen MR) is 98.8 cm³/mol. The number of para-hydroxylation sites is 1. The summed E-state index contributed by atoms with van der Waals surface area (Å²) in [6.45, 7) is 1.45. The molecule has 2 N–H and O–H groups in total. The zero-order valence-corrected chi connectivity index (χ0v) is 14.6. The number of carbonyl (C=O) groups excluding carboxylic acids is 1. The van der Waals surface area contributed by atoms with Crippen molar-refractivity contribution in [2.24, 2.45) is 0 Å². The van der Waals surface area contributed by atoms with Gasteiger partial charge in [-0.15, -0.1) is 0 Å². The molecule has 1 amide bonds. The Morgan fingerprint density at radius 2 is 2.19 bits per heavy atom. The Labute approximate surface area is 152 Å². The maximum Gasteiger partial charge on any atom is 0.273 e. The van der Waals surface area contributed by atoms with E-state index in [4.69, 9.17) is 4.52 Å². The summed E-state index contributed by atoms with van der Waals surface area (Å²) >= 11 is 0. The Hall–Kier alpha value is -2.73. The molecule has 3 heterocycles. The summed E-state index contributed by atoms with van der Waals surface area (Å²) < 4.78 is 5.34. The molecule has 0 radical (unpaired) electrons. The number of aromatic nitrogens is 2. The van der Waals surface area contributed by atoms with E-state index in [1.165, 1.54) is 12.8 Å². The largest absolute Gasteiger partial charge is 0.361 e. The van der Waals surface area contributed by atoms with Crippen LogP contribution in [-0.2, 0) is 13.0 Å². The fraction of sp³-hybridized carbons (Fsp3) is 0.350. The second-order valence-electron chi connectivity index (χ2n) is 6.75. The van der Waals surface area contributed by atoms with Gasteiger partial charge in [-0.05, 0) is 37.1 Å². The van der Waals surface area contributed by atoms with Crippen molar-refractivity contribution in [3.63, 3.8) is 0 Å². The number of nitrogens with zero attached hydrogens (tertiary/aromatic N) is 2. The van der Waals surface area contributed by atoms with Gasteiger partial charge in [-0.3, -0.25) is 9.78 Å². The molecule has 1 atom stereocenters. The van der Waals surface area contributed by atoms with Crippen LogP contribution < -0.4 is 10.6 Å². The third-order valence-electron chi connectivity index (χ3n) is 4.75.